The quantitative estimate of drug-likeness (QED) is 0.719. The first kappa shape index (κ1) is 16.9. The van der Waals surface area contributed by atoms with Gasteiger partial charge in [-0.2, -0.15) is 8.42 Å². The van der Waals surface area contributed by atoms with Crippen LogP contribution in [-0.2, 0) is 10.1 Å². The molecule has 0 spiro atoms. The zero-order valence-electron chi connectivity index (χ0n) is 11.9. The monoisotopic (exact) mass is 265 g/mol. The van der Waals surface area contributed by atoms with E-state index < -0.39 is 15.0 Å². The van der Waals surface area contributed by atoms with Crippen LogP contribution in [0.15, 0.2) is 0 Å². The predicted molar refractivity (Wildman–Crippen MR) is 71.6 cm³/mol. The van der Waals surface area contributed by atoms with E-state index in [0.29, 0.717) is 6.42 Å². The van der Waals surface area contributed by atoms with Crippen LogP contribution in [0.3, 0.4) is 0 Å². The van der Waals surface area contributed by atoms with Crippen LogP contribution in [0.5, 0.6) is 0 Å². The minimum Gasteiger partial charge on any atom is -0.284 e. The molecule has 0 aliphatic rings. The van der Waals surface area contributed by atoms with E-state index in [1.807, 2.05) is 39.5 Å². The molecule has 17 heavy (non-hydrogen) atoms. The molecule has 0 amide bonds. The lowest BCUT2D eigenvalue weighted by Crippen LogP contribution is -2.57. The maximum Gasteiger partial charge on any atom is 0.283 e. The Hall–Kier alpha value is -0.130. The second-order valence-corrected chi connectivity index (χ2v) is 7.18. The van der Waals surface area contributed by atoms with Gasteiger partial charge in [0, 0.05) is 12.1 Å². The lowest BCUT2D eigenvalue weighted by Gasteiger charge is -2.44. The zero-order chi connectivity index (χ0) is 13.9. The third-order valence-electron chi connectivity index (χ3n) is 3.21. The smallest absolute Gasteiger partial charge is 0.283 e. The highest BCUT2D eigenvalue weighted by atomic mass is 32.2. The number of rotatable bonds is 7. The first-order valence-corrected chi connectivity index (χ1v) is 7.77. The van der Waals surface area contributed by atoms with Gasteiger partial charge in [0.2, 0.25) is 0 Å². The zero-order valence-corrected chi connectivity index (χ0v) is 12.7. The van der Waals surface area contributed by atoms with Crippen LogP contribution in [0.25, 0.3) is 0 Å². The summed E-state index contributed by atoms with van der Waals surface area (Å²) in [5.74, 6) is 0. The minimum absolute atomic E-state index is 0.0683. The molecule has 0 aliphatic heterocycles. The first-order valence-electron chi connectivity index (χ1n) is 6.33. The number of hydrogen-bond acceptors (Lipinski definition) is 3. The van der Waals surface area contributed by atoms with Crippen molar-refractivity contribution in [3.05, 3.63) is 0 Å². The molecule has 1 N–H and O–H groups in total. The molecule has 0 aromatic rings. The molecule has 0 heterocycles. The normalized spacial score (nSPS) is 16.8. The molecular weight excluding hydrogens is 238 g/mol. The molecule has 0 aromatic carbocycles. The molecule has 0 aromatic heterocycles. The summed E-state index contributed by atoms with van der Waals surface area (Å²) in [6.45, 7) is 11.5. The van der Waals surface area contributed by atoms with E-state index in [-0.39, 0.29) is 12.1 Å². The van der Waals surface area contributed by atoms with Crippen LogP contribution in [0, 0.1) is 0 Å². The Morgan fingerprint density at radius 2 is 1.59 bits per heavy atom. The van der Waals surface area contributed by atoms with Gasteiger partial charge >= 0.3 is 0 Å². The number of nitrogens with zero attached hydrogens (tertiary/aromatic N) is 1. The van der Waals surface area contributed by atoms with Crippen molar-refractivity contribution in [1.29, 1.82) is 0 Å². The van der Waals surface area contributed by atoms with Gasteiger partial charge in [-0.3, -0.25) is 9.45 Å². The van der Waals surface area contributed by atoms with Gasteiger partial charge in [0.25, 0.3) is 10.1 Å². The fraction of sp³-hybridized carbons (Fsp3) is 1.00. The van der Waals surface area contributed by atoms with E-state index in [9.17, 15) is 13.0 Å². The fourth-order valence-corrected chi connectivity index (χ4v) is 3.68. The predicted octanol–water partition coefficient (Wildman–Crippen LogP) is 2.90. The summed E-state index contributed by atoms with van der Waals surface area (Å²) in [4.78, 5) is 0.684. The molecule has 0 saturated heterocycles. The summed E-state index contributed by atoms with van der Waals surface area (Å²) in [5.41, 5.74) is 0. The lowest BCUT2D eigenvalue weighted by molar-refractivity contribution is 0.0785. The summed E-state index contributed by atoms with van der Waals surface area (Å²) in [6.07, 6.45) is 2.15. The van der Waals surface area contributed by atoms with E-state index in [1.54, 1.807) is 6.92 Å². The Labute approximate surface area is 106 Å². The van der Waals surface area contributed by atoms with Crippen LogP contribution in [-0.4, -0.2) is 34.8 Å². The van der Waals surface area contributed by atoms with Gasteiger partial charge in [-0.05, 0) is 41.0 Å². The average Bonchev–Trinajstić information content (AvgIpc) is 2.11. The van der Waals surface area contributed by atoms with Crippen molar-refractivity contribution in [2.75, 3.05) is 0 Å². The molecule has 0 aliphatic carbocycles. The molecule has 1 unspecified atom stereocenters. The van der Waals surface area contributed by atoms with E-state index in [0.717, 1.165) is 12.8 Å². The third kappa shape index (κ3) is 3.93. The van der Waals surface area contributed by atoms with Gasteiger partial charge in [0.1, 0.15) is 4.87 Å². The van der Waals surface area contributed by atoms with Crippen LogP contribution >= 0.6 is 0 Å². The summed E-state index contributed by atoms with van der Waals surface area (Å²) in [6, 6.07) is 0.137. The van der Waals surface area contributed by atoms with Crippen molar-refractivity contribution in [2.24, 2.45) is 0 Å². The highest BCUT2D eigenvalue weighted by Gasteiger charge is 2.45. The van der Waals surface area contributed by atoms with Gasteiger partial charge in [0.15, 0.2) is 0 Å². The molecule has 0 rings (SSSR count). The van der Waals surface area contributed by atoms with E-state index in [1.165, 1.54) is 0 Å². The molecule has 104 valence electrons. The second-order valence-electron chi connectivity index (χ2n) is 5.35. The Kier molecular flexibility index (Phi) is 6.11. The van der Waals surface area contributed by atoms with Gasteiger partial charge in [-0.1, -0.05) is 19.8 Å². The Bertz CT molecular complexity index is 317. The number of unbranched alkanes of at least 4 members (excludes halogenated alkanes) is 1. The topological polar surface area (TPSA) is 57.6 Å². The van der Waals surface area contributed by atoms with Gasteiger partial charge in [-0.15, -0.1) is 0 Å². The van der Waals surface area contributed by atoms with Crippen molar-refractivity contribution >= 4 is 10.1 Å². The molecule has 4 nitrogen and oxygen atoms in total. The highest BCUT2D eigenvalue weighted by molar-refractivity contribution is 7.87. The van der Waals surface area contributed by atoms with Crippen LogP contribution in [0.2, 0.25) is 0 Å². The van der Waals surface area contributed by atoms with Crippen molar-refractivity contribution in [3.63, 3.8) is 0 Å². The Balaban J connectivity index is 5.42. The largest absolute Gasteiger partial charge is 0.284 e. The van der Waals surface area contributed by atoms with Crippen molar-refractivity contribution in [1.82, 2.24) is 4.90 Å². The van der Waals surface area contributed by atoms with Crippen molar-refractivity contribution < 1.29 is 13.0 Å². The minimum atomic E-state index is -4.10. The van der Waals surface area contributed by atoms with E-state index in [4.69, 9.17) is 0 Å². The van der Waals surface area contributed by atoms with Gasteiger partial charge < -0.3 is 0 Å². The van der Waals surface area contributed by atoms with Gasteiger partial charge in [-0.25, -0.2) is 0 Å². The summed E-state index contributed by atoms with van der Waals surface area (Å²) >= 11 is 0. The summed E-state index contributed by atoms with van der Waals surface area (Å²) < 4.78 is 33.0. The third-order valence-corrected chi connectivity index (χ3v) is 4.74. The lowest BCUT2D eigenvalue weighted by atomic mass is 10.1. The first-order chi connectivity index (χ1) is 7.58. The molecule has 0 bridgehead atoms. The molecule has 0 fully saturated rings. The molecule has 0 saturated carbocycles. The SMILES string of the molecule is CCCCC(C)(N(C(C)C)C(C)C)S(=O)(=O)O. The fourth-order valence-electron chi connectivity index (χ4n) is 2.58. The van der Waals surface area contributed by atoms with Gasteiger partial charge in [0.05, 0.1) is 0 Å². The average molecular weight is 265 g/mol. The highest BCUT2D eigenvalue weighted by Crippen LogP contribution is 2.31. The molecule has 5 heteroatoms. The maximum atomic E-state index is 11.7. The molecular formula is C12H27NO3S. The molecule has 1 atom stereocenters. The Morgan fingerprint density at radius 3 is 1.82 bits per heavy atom. The standard InChI is InChI=1S/C12H27NO3S/c1-7-8-9-12(6,17(14,15)16)13(10(2)3)11(4)5/h10-11H,7-9H2,1-6H3,(H,14,15,16). The van der Waals surface area contributed by atoms with Crippen LogP contribution < -0.4 is 0 Å². The van der Waals surface area contributed by atoms with Crippen LogP contribution in [0.1, 0.15) is 60.8 Å². The summed E-state index contributed by atoms with van der Waals surface area (Å²) in [5, 5.41) is 0. The van der Waals surface area contributed by atoms with Crippen molar-refractivity contribution in [3.8, 4) is 0 Å². The maximum absolute atomic E-state index is 11.7. The molecule has 0 radical (unpaired) electrons. The van der Waals surface area contributed by atoms with Crippen molar-refractivity contribution in [2.45, 2.75) is 77.8 Å². The number of hydrogen-bond donors (Lipinski definition) is 1. The van der Waals surface area contributed by atoms with E-state index in [2.05, 4.69) is 0 Å². The van der Waals surface area contributed by atoms with Crippen LogP contribution in [0.4, 0.5) is 0 Å². The second kappa shape index (κ2) is 6.16. The van der Waals surface area contributed by atoms with E-state index >= 15 is 0 Å². The summed E-state index contributed by atoms with van der Waals surface area (Å²) in [7, 11) is -4.10. The Morgan fingerprint density at radius 1 is 1.18 bits per heavy atom.